The second kappa shape index (κ2) is 17.9. The third-order valence-corrected chi connectivity index (χ3v) is 10.0. The fraction of sp³-hybridized carbons (Fsp3) is 0.0426. The molecule has 7 aromatic carbocycles. The monoisotopic (exact) mass is 790 g/mol. The van der Waals surface area contributed by atoms with Gasteiger partial charge in [0, 0.05) is 11.1 Å². The first-order chi connectivity index (χ1) is 28.0. The van der Waals surface area contributed by atoms with Gasteiger partial charge in [-0.3, -0.25) is 4.79 Å². The van der Waals surface area contributed by atoms with Crippen LogP contribution in [0.5, 0.6) is 5.75 Å². The van der Waals surface area contributed by atoms with E-state index in [0.29, 0.717) is 28.7 Å². The number of carbonyl (C=O) groups excluding carboxylic acids is 1. The highest BCUT2D eigenvalue weighted by atomic mass is 32.1. The lowest BCUT2D eigenvalue weighted by molar-refractivity contribution is 0.0655. The van der Waals surface area contributed by atoms with Crippen LogP contribution in [0, 0.1) is 6.92 Å². The van der Waals surface area contributed by atoms with E-state index in [9.17, 15) is 34.2 Å². The summed E-state index contributed by atoms with van der Waals surface area (Å²) in [7, 11) is 0. The Labute approximate surface area is 335 Å². The van der Waals surface area contributed by atoms with Gasteiger partial charge in [-0.2, -0.15) is 0 Å². The molecular formula is C47H34O10S. The number of carboxylic acid groups (broad SMARTS) is 4. The summed E-state index contributed by atoms with van der Waals surface area (Å²) in [5.41, 5.74) is 2.48. The molecule has 0 spiro atoms. The summed E-state index contributed by atoms with van der Waals surface area (Å²) < 4.78 is 5.45. The van der Waals surface area contributed by atoms with Gasteiger partial charge in [0.25, 0.3) is 0 Å². The predicted molar refractivity (Wildman–Crippen MR) is 223 cm³/mol. The van der Waals surface area contributed by atoms with Crippen molar-refractivity contribution in [2.24, 2.45) is 0 Å². The van der Waals surface area contributed by atoms with Gasteiger partial charge in [-0.25, -0.2) is 19.2 Å². The fourth-order valence-electron chi connectivity index (χ4n) is 6.43. The smallest absolute Gasteiger partial charge is 0.349 e. The molecule has 0 radical (unpaired) electrons. The number of carboxylic acids is 4. The van der Waals surface area contributed by atoms with Crippen LogP contribution in [-0.4, -0.2) is 50.1 Å². The number of hydrogen-bond donors (Lipinski definition) is 4. The number of aryl methyl sites for hydroxylation is 1. The molecule has 0 bridgehead atoms. The average Bonchev–Trinajstić information content (AvgIpc) is 3.72. The van der Waals surface area contributed by atoms with Crippen molar-refractivity contribution in [1.82, 2.24) is 0 Å². The maximum atomic E-state index is 12.2. The molecule has 8 rings (SSSR count). The third-order valence-electron chi connectivity index (χ3n) is 9.12. The zero-order valence-electron chi connectivity index (χ0n) is 30.8. The lowest BCUT2D eigenvalue weighted by Crippen LogP contribution is -2.10. The first-order valence-corrected chi connectivity index (χ1v) is 18.6. The lowest BCUT2D eigenvalue weighted by Gasteiger charge is -2.14. The predicted octanol–water partition coefficient (Wildman–Crippen LogP) is 10.5. The Bertz CT molecular complexity index is 2820. The van der Waals surface area contributed by atoms with E-state index in [1.54, 1.807) is 53.9 Å². The van der Waals surface area contributed by atoms with Crippen LogP contribution in [0.2, 0.25) is 0 Å². The van der Waals surface area contributed by atoms with E-state index < -0.39 is 23.9 Å². The second-order valence-electron chi connectivity index (χ2n) is 12.9. The molecule has 11 heteroatoms. The van der Waals surface area contributed by atoms with Crippen LogP contribution < -0.4 is 4.74 Å². The SMILES string of the molecule is Cc1ccc(C(=O)c2ccccc2C(=O)O)cc1.O=C(O)c1c(C(=O)O)c2ccc3ccccc3c2c2ccccc12.O=C(O)c1sccc1OCc1ccccc1. The second-order valence-corrected chi connectivity index (χ2v) is 13.8. The zero-order chi connectivity index (χ0) is 41.3. The highest BCUT2D eigenvalue weighted by Gasteiger charge is 2.24. The molecule has 8 aromatic rings. The van der Waals surface area contributed by atoms with E-state index in [4.69, 9.17) is 14.9 Å². The topological polar surface area (TPSA) is 175 Å². The van der Waals surface area contributed by atoms with E-state index in [0.717, 1.165) is 32.7 Å². The van der Waals surface area contributed by atoms with Crippen molar-refractivity contribution in [3.8, 4) is 5.75 Å². The molecule has 0 aliphatic rings. The minimum absolute atomic E-state index is 0.0306. The van der Waals surface area contributed by atoms with Crippen LogP contribution in [0.15, 0.2) is 151 Å². The number of ether oxygens (including phenoxy) is 1. The Hall–Kier alpha value is -7.63. The van der Waals surface area contributed by atoms with E-state index >= 15 is 0 Å². The number of thiophene rings is 1. The summed E-state index contributed by atoms with van der Waals surface area (Å²) >= 11 is 1.17. The number of rotatable bonds is 9. The maximum absolute atomic E-state index is 12.2. The molecule has 1 aromatic heterocycles. The van der Waals surface area contributed by atoms with Gasteiger partial charge in [0.2, 0.25) is 0 Å². The third kappa shape index (κ3) is 8.75. The average molecular weight is 791 g/mol. The van der Waals surface area contributed by atoms with Gasteiger partial charge in [0.1, 0.15) is 12.4 Å². The molecule has 0 atom stereocenters. The van der Waals surface area contributed by atoms with E-state index in [1.165, 1.54) is 23.5 Å². The van der Waals surface area contributed by atoms with Gasteiger partial charge in [-0.15, -0.1) is 11.3 Å². The minimum Gasteiger partial charge on any atom is -0.487 e. The van der Waals surface area contributed by atoms with Gasteiger partial charge in [0.05, 0.1) is 16.7 Å². The van der Waals surface area contributed by atoms with Crippen molar-refractivity contribution in [3.63, 3.8) is 0 Å². The van der Waals surface area contributed by atoms with Crippen molar-refractivity contribution in [3.05, 3.63) is 195 Å². The Kier molecular flexibility index (Phi) is 12.3. The summed E-state index contributed by atoms with van der Waals surface area (Å²) in [6, 6.07) is 42.9. The largest absolute Gasteiger partial charge is 0.487 e. The molecule has 0 unspecified atom stereocenters. The van der Waals surface area contributed by atoms with Crippen LogP contribution in [0.25, 0.3) is 32.3 Å². The molecule has 288 valence electrons. The number of benzene rings is 7. The zero-order valence-corrected chi connectivity index (χ0v) is 31.6. The first kappa shape index (κ1) is 40.0. The quantitative estimate of drug-likeness (QED) is 0.0813. The number of carbonyl (C=O) groups is 5. The molecular weight excluding hydrogens is 757 g/mol. The summed E-state index contributed by atoms with van der Waals surface area (Å²) in [6.07, 6.45) is 0. The summed E-state index contributed by atoms with van der Waals surface area (Å²) in [5, 5.41) is 43.2. The Morgan fingerprint density at radius 1 is 0.517 bits per heavy atom. The molecule has 10 nitrogen and oxygen atoms in total. The van der Waals surface area contributed by atoms with Crippen LogP contribution in [0.3, 0.4) is 0 Å². The van der Waals surface area contributed by atoms with Crippen molar-refractivity contribution < 1.29 is 49.1 Å². The van der Waals surface area contributed by atoms with Crippen molar-refractivity contribution >= 4 is 73.3 Å². The number of aromatic carboxylic acids is 4. The molecule has 0 amide bonds. The van der Waals surface area contributed by atoms with Crippen LogP contribution >= 0.6 is 11.3 Å². The summed E-state index contributed by atoms with van der Waals surface area (Å²) in [4.78, 5) is 58.0. The highest BCUT2D eigenvalue weighted by Crippen LogP contribution is 2.37. The first-order valence-electron chi connectivity index (χ1n) is 17.7. The van der Waals surface area contributed by atoms with E-state index in [-0.39, 0.29) is 32.9 Å². The van der Waals surface area contributed by atoms with Gasteiger partial charge in [0.15, 0.2) is 10.7 Å². The van der Waals surface area contributed by atoms with Gasteiger partial charge in [-0.05, 0) is 62.3 Å². The molecule has 0 saturated carbocycles. The Morgan fingerprint density at radius 2 is 1.09 bits per heavy atom. The van der Waals surface area contributed by atoms with Crippen LogP contribution in [-0.2, 0) is 6.61 Å². The van der Waals surface area contributed by atoms with Gasteiger partial charge >= 0.3 is 23.9 Å². The van der Waals surface area contributed by atoms with Crippen molar-refractivity contribution in [1.29, 1.82) is 0 Å². The minimum atomic E-state index is -1.24. The number of ketones is 1. The molecule has 0 aliphatic carbocycles. The molecule has 4 N–H and O–H groups in total. The van der Waals surface area contributed by atoms with Crippen molar-refractivity contribution in [2.45, 2.75) is 13.5 Å². The molecule has 0 aliphatic heterocycles. The number of fused-ring (bicyclic) bond motifs is 5. The van der Waals surface area contributed by atoms with Gasteiger partial charge < -0.3 is 25.2 Å². The lowest BCUT2D eigenvalue weighted by atomic mass is 9.89. The molecule has 0 saturated heterocycles. The molecule has 0 fully saturated rings. The van der Waals surface area contributed by atoms with E-state index in [2.05, 4.69) is 0 Å². The fourth-order valence-corrected chi connectivity index (χ4v) is 7.10. The van der Waals surface area contributed by atoms with E-state index in [1.807, 2.05) is 91.9 Å². The number of hydrogen-bond acceptors (Lipinski definition) is 7. The highest BCUT2D eigenvalue weighted by molar-refractivity contribution is 7.12. The molecule has 58 heavy (non-hydrogen) atoms. The Morgan fingerprint density at radius 3 is 1.72 bits per heavy atom. The van der Waals surface area contributed by atoms with Crippen LogP contribution in [0.1, 0.15) is 67.8 Å². The van der Waals surface area contributed by atoms with Crippen molar-refractivity contribution in [2.75, 3.05) is 0 Å². The standard InChI is InChI=1S/C20H12O4.C15H12O3.C12H10O3S/c21-19(22)17-14-8-4-3-7-13(14)16-12-6-2-1-5-11(12)9-10-15(16)18(17)20(23)24;1-10-6-8-11(9-7-10)14(16)12-4-2-3-5-13(12)15(17)18;13-12(14)11-10(6-7-16-11)15-8-9-4-2-1-3-5-9/h1-10H,(H,21,22)(H,23,24);2-9H,1H3,(H,17,18);1-7H,8H2,(H,13,14). The molecule has 1 heterocycles. The summed E-state index contributed by atoms with van der Waals surface area (Å²) in [6.45, 7) is 2.32. The normalized spacial score (nSPS) is 10.5. The maximum Gasteiger partial charge on any atom is 0.349 e. The Balaban J connectivity index is 0.000000151. The van der Waals surface area contributed by atoms with Gasteiger partial charge in [-0.1, -0.05) is 139 Å². The van der Waals surface area contributed by atoms with Crippen LogP contribution in [0.4, 0.5) is 0 Å². The summed E-state index contributed by atoms with van der Waals surface area (Å²) in [5.74, 6) is -4.35.